The van der Waals surface area contributed by atoms with Crippen LogP contribution in [0.3, 0.4) is 0 Å². The molecule has 0 radical (unpaired) electrons. The van der Waals surface area contributed by atoms with Crippen molar-refractivity contribution in [2.45, 2.75) is 18.9 Å². The molecule has 0 bridgehead atoms. The minimum atomic E-state index is -0.385. The summed E-state index contributed by atoms with van der Waals surface area (Å²) in [6.45, 7) is 2.00. The van der Waals surface area contributed by atoms with Crippen LogP contribution in [-0.4, -0.2) is 12.1 Å². The number of nitrogens with two attached hydrogens (primary N) is 1. The second-order valence-corrected chi connectivity index (χ2v) is 4.46. The summed E-state index contributed by atoms with van der Waals surface area (Å²) in [5.41, 5.74) is 7.97. The Kier molecular flexibility index (Phi) is 4.12. The van der Waals surface area contributed by atoms with Gasteiger partial charge in [-0.15, -0.1) is 0 Å². The van der Waals surface area contributed by atoms with Crippen molar-refractivity contribution in [1.29, 1.82) is 0 Å². The Morgan fingerprint density at radius 1 is 1.26 bits per heavy atom. The fourth-order valence-electron chi connectivity index (χ4n) is 2.00. The van der Waals surface area contributed by atoms with Gasteiger partial charge in [-0.1, -0.05) is 19.1 Å². The first kappa shape index (κ1) is 13.5. The molecule has 2 unspecified atom stereocenters. The van der Waals surface area contributed by atoms with Gasteiger partial charge in [0.1, 0.15) is 0 Å². The largest absolute Gasteiger partial charge is 0.494 e. The Balaban J connectivity index is 2.26. The van der Waals surface area contributed by atoms with Crippen LogP contribution in [0.5, 0.6) is 5.75 Å². The smallest absolute Gasteiger partial charge is 0.165 e. The van der Waals surface area contributed by atoms with Gasteiger partial charge in [-0.25, -0.2) is 4.39 Å². The zero-order chi connectivity index (χ0) is 13.8. The lowest BCUT2D eigenvalue weighted by Gasteiger charge is -2.20. The lowest BCUT2D eigenvalue weighted by Crippen LogP contribution is -2.18. The van der Waals surface area contributed by atoms with Crippen LogP contribution in [0.2, 0.25) is 0 Å². The van der Waals surface area contributed by atoms with Gasteiger partial charge in [0.15, 0.2) is 11.6 Å². The molecule has 19 heavy (non-hydrogen) atoms. The average Bonchev–Trinajstić information content (AvgIpc) is 2.47. The summed E-state index contributed by atoms with van der Waals surface area (Å²) in [5.74, 6) is -0.138. The molecule has 2 aromatic rings. The van der Waals surface area contributed by atoms with E-state index >= 15 is 0 Å². The van der Waals surface area contributed by atoms with E-state index in [2.05, 4.69) is 4.98 Å². The van der Waals surface area contributed by atoms with E-state index in [1.54, 1.807) is 18.3 Å². The van der Waals surface area contributed by atoms with E-state index in [0.717, 1.165) is 11.3 Å². The molecule has 0 fully saturated rings. The third kappa shape index (κ3) is 2.90. The van der Waals surface area contributed by atoms with Crippen molar-refractivity contribution in [1.82, 2.24) is 4.98 Å². The maximum Gasteiger partial charge on any atom is 0.165 e. The van der Waals surface area contributed by atoms with Crippen molar-refractivity contribution in [3.63, 3.8) is 0 Å². The van der Waals surface area contributed by atoms with Crippen LogP contribution in [0.4, 0.5) is 4.39 Å². The molecule has 0 aliphatic carbocycles. The van der Waals surface area contributed by atoms with Crippen molar-refractivity contribution in [3.05, 3.63) is 59.7 Å². The molecular formula is C15H17FN2O. The number of methoxy groups -OCH3 is 1. The molecule has 0 spiro atoms. The predicted octanol–water partition coefficient (Wildman–Crippen LogP) is 3.03. The molecule has 0 saturated heterocycles. The predicted molar refractivity (Wildman–Crippen MR) is 72.5 cm³/mol. The van der Waals surface area contributed by atoms with Crippen LogP contribution in [0, 0.1) is 5.82 Å². The number of nitrogens with zero attached hydrogens (tertiary/aromatic N) is 1. The molecule has 1 aromatic heterocycles. The molecule has 3 nitrogen and oxygen atoms in total. The van der Waals surface area contributed by atoms with Gasteiger partial charge < -0.3 is 10.5 Å². The molecule has 0 saturated carbocycles. The number of aromatic nitrogens is 1. The lowest BCUT2D eigenvalue weighted by atomic mass is 9.92. The van der Waals surface area contributed by atoms with Gasteiger partial charge >= 0.3 is 0 Å². The number of hydrogen-bond acceptors (Lipinski definition) is 3. The fourth-order valence-corrected chi connectivity index (χ4v) is 2.00. The third-order valence-electron chi connectivity index (χ3n) is 3.25. The second-order valence-electron chi connectivity index (χ2n) is 4.46. The van der Waals surface area contributed by atoms with E-state index in [9.17, 15) is 4.39 Å². The van der Waals surface area contributed by atoms with Crippen molar-refractivity contribution in [3.8, 4) is 5.75 Å². The van der Waals surface area contributed by atoms with Gasteiger partial charge in [-0.3, -0.25) is 4.98 Å². The summed E-state index contributed by atoms with van der Waals surface area (Å²) in [7, 11) is 1.44. The zero-order valence-corrected chi connectivity index (χ0v) is 11.0. The highest BCUT2D eigenvalue weighted by Gasteiger charge is 2.19. The summed E-state index contributed by atoms with van der Waals surface area (Å²) in [6.07, 6.45) is 1.74. The van der Waals surface area contributed by atoms with Gasteiger partial charge in [-0.05, 0) is 29.8 Å². The summed E-state index contributed by atoms with van der Waals surface area (Å²) >= 11 is 0. The van der Waals surface area contributed by atoms with Crippen LogP contribution < -0.4 is 10.5 Å². The van der Waals surface area contributed by atoms with Gasteiger partial charge in [0.2, 0.25) is 0 Å². The molecule has 1 heterocycles. The molecule has 1 aromatic carbocycles. The Hall–Kier alpha value is -1.94. The normalized spacial score (nSPS) is 13.9. The monoisotopic (exact) mass is 260 g/mol. The van der Waals surface area contributed by atoms with Gasteiger partial charge in [-0.2, -0.15) is 0 Å². The fraction of sp³-hybridized carbons (Fsp3) is 0.267. The minimum Gasteiger partial charge on any atom is -0.494 e. The van der Waals surface area contributed by atoms with Crippen molar-refractivity contribution in [2.24, 2.45) is 5.73 Å². The highest BCUT2D eigenvalue weighted by atomic mass is 19.1. The van der Waals surface area contributed by atoms with E-state index in [1.165, 1.54) is 13.2 Å². The Morgan fingerprint density at radius 2 is 2.05 bits per heavy atom. The number of benzene rings is 1. The summed E-state index contributed by atoms with van der Waals surface area (Å²) in [6, 6.07) is 10.2. The van der Waals surface area contributed by atoms with E-state index in [0.29, 0.717) is 0 Å². The topological polar surface area (TPSA) is 48.1 Å². The molecule has 100 valence electrons. The second kappa shape index (κ2) is 5.80. The van der Waals surface area contributed by atoms with Gasteiger partial charge in [0.05, 0.1) is 7.11 Å². The number of halogens is 1. The maximum atomic E-state index is 13.4. The summed E-state index contributed by atoms with van der Waals surface area (Å²) in [4.78, 5) is 4.30. The standard InChI is InChI=1S/C15H17FN2O/c1-10(13-5-3-4-8-18-13)15(17)11-6-7-12(16)14(9-11)19-2/h3-10,15H,17H2,1-2H3. The van der Waals surface area contributed by atoms with Crippen LogP contribution in [0.15, 0.2) is 42.6 Å². The van der Waals surface area contributed by atoms with E-state index in [1.807, 2.05) is 25.1 Å². The summed E-state index contributed by atoms with van der Waals surface area (Å²) < 4.78 is 18.4. The maximum absolute atomic E-state index is 13.4. The molecule has 2 rings (SSSR count). The first-order chi connectivity index (χ1) is 9.13. The van der Waals surface area contributed by atoms with Gasteiger partial charge in [0, 0.05) is 23.9 Å². The highest BCUT2D eigenvalue weighted by molar-refractivity contribution is 5.33. The SMILES string of the molecule is COc1cc(C(N)C(C)c2ccccn2)ccc1F. The lowest BCUT2D eigenvalue weighted by molar-refractivity contribution is 0.385. The quantitative estimate of drug-likeness (QED) is 0.919. The average molecular weight is 260 g/mol. The number of rotatable bonds is 4. The minimum absolute atomic E-state index is 0.0383. The molecular weight excluding hydrogens is 243 g/mol. The molecule has 2 atom stereocenters. The van der Waals surface area contributed by atoms with Crippen molar-refractivity contribution in [2.75, 3.05) is 7.11 Å². The third-order valence-corrected chi connectivity index (χ3v) is 3.25. The molecule has 0 aliphatic rings. The van der Waals surface area contributed by atoms with E-state index in [-0.39, 0.29) is 23.5 Å². The van der Waals surface area contributed by atoms with E-state index in [4.69, 9.17) is 10.5 Å². The van der Waals surface area contributed by atoms with Crippen LogP contribution in [-0.2, 0) is 0 Å². The molecule has 2 N–H and O–H groups in total. The molecule has 0 aliphatic heterocycles. The van der Waals surface area contributed by atoms with Crippen LogP contribution in [0.1, 0.15) is 30.1 Å². The van der Waals surface area contributed by atoms with Crippen molar-refractivity contribution >= 4 is 0 Å². The highest BCUT2D eigenvalue weighted by Crippen LogP contribution is 2.30. The summed E-state index contributed by atoms with van der Waals surface area (Å²) in [5, 5.41) is 0. The number of hydrogen-bond donors (Lipinski definition) is 1. The number of pyridine rings is 1. The van der Waals surface area contributed by atoms with E-state index < -0.39 is 0 Å². The zero-order valence-electron chi connectivity index (χ0n) is 11.0. The van der Waals surface area contributed by atoms with Crippen LogP contribution >= 0.6 is 0 Å². The van der Waals surface area contributed by atoms with Gasteiger partial charge in [0.25, 0.3) is 0 Å². The Bertz CT molecular complexity index is 545. The van der Waals surface area contributed by atoms with Crippen molar-refractivity contribution < 1.29 is 9.13 Å². The first-order valence-electron chi connectivity index (χ1n) is 6.13. The Labute approximate surface area is 112 Å². The molecule has 0 amide bonds. The number of ether oxygens (including phenoxy) is 1. The Morgan fingerprint density at radius 3 is 2.68 bits per heavy atom. The first-order valence-corrected chi connectivity index (χ1v) is 6.13. The van der Waals surface area contributed by atoms with Crippen LogP contribution in [0.25, 0.3) is 0 Å². The molecule has 4 heteroatoms.